The summed E-state index contributed by atoms with van der Waals surface area (Å²) in [5.74, 6) is 1.84. The molecule has 2 aromatic rings. The van der Waals surface area contributed by atoms with E-state index >= 15 is 0 Å². The molecule has 0 bridgehead atoms. The Morgan fingerprint density at radius 3 is 1.50 bits per heavy atom. The molecular weight excluding hydrogens is 436 g/mol. The predicted octanol–water partition coefficient (Wildman–Crippen LogP) is 4.38. The summed E-state index contributed by atoms with van der Waals surface area (Å²) in [5.41, 5.74) is 0.376. The van der Waals surface area contributed by atoms with Gasteiger partial charge in [-0.1, -0.05) is 24.3 Å². The van der Waals surface area contributed by atoms with Gasteiger partial charge in [0.15, 0.2) is 34.6 Å². The third kappa shape index (κ3) is 5.48. The number of allylic oxidation sites excluding steroid dienone is 2. The number of hydrogen-bond donors (Lipinski definition) is 0. The lowest BCUT2D eigenvalue weighted by Crippen LogP contribution is -2.42. The van der Waals surface area contributed by atoms with E-state index in [1.54, 1.807) is 64.9 Å². The zero-order chi connectivity index (χ0) is 24.6. The Morgan fingerprint density at radius 1 is 0.706 bits per heavy atom. The first kappa shape index (κ1) is 25.1. The van der Waals surface area contributed by atoms with Gasteiger partial charge in [-0.15, -0.1) is 0 Å². The van der Waals surface area contributed by atoms with Crippen molar-refractivity contribution >= 4 is 23.7 Å². The van der Waals surface area contributed by atoms with Crippen molar-refractivity contribution in [2.75, 3.05) is 41.7 Å². The molecule has 34 heavy (non-hydrogen) atoms. The molecular formula is C27H30O7. The van der Waals surface area contributed by atoms with E-state index in [9.17, 15) is 9.59 Å². The normalized spacial score (nSPS) is 15.3. The fraction of sp³-hybridized carbons (Fsp3) is 0.333. The summed E-state index contributed by atoms with van der Waals surface area (Å²) in [6, 6.07) is 10.7. The van der Waals surface area contributed by atoms with Gasteiger partial charge in [0.1, 0.15) is 0 Å². The Balaban J connectivity index is 1.83. The van der Waals surface area contributed by atoms with Gasteiger partial charge in [-0.2, -0.15) is 0 Å². The summed E-state index contributed by atoms with van der Waals surface area (Å²) in [6.45, 7) is 0.706. The number of ketones is 2. The molecule has 0 N–H and O–H groups in total. The van der Waals surface area contributed by atoms with E-state index in [0.717, 1.165) is 11.1 Å². The summed E-state index contributed by atoms with van der Waals surface area (Å²) in [6.07, 6.45) is 6.97. The monoisotopic (exact) mass is 466 g/mol. The Morgan fingerprint density at radius 2 is 1.12 bits per heavy atom. The molecule has 180 valence electrons. The molecule has 1 fully saturated rings. The second-order valence-electron chi connectivity index (χ2n) is 7.82. The molecule has 0 saturated carbocycles. The van der Waals surface area contributed by atoms with E-state index in [1.165, 1.54) is 12.2 Å². The van der Waals surface area contributed by atoms with Crippen LogP contribution in [0.2, 0.25) is 0 Å². The predicted molar refractivity (Wildman–Crippen MR) is 130 cm³/mol. The summed E-state index contributed by atoms with van der Waals surface area (Å²) in [5, 5.41) is 0. The lowest BCUT2D eigenvalue weighted by Gasteiger charge is -2.32. The Hall–Kier alpha value is -3.58. The van der Waals surface area contributed by atoms with Crippen LogP contribution in [0, 0.1) is 5.41 Å². The number of methoxy groups -OCH3 is 4. The molecule has 0 atom stereocenters. The molecule has 0 aliphatic carbocycles. The number of carbonyl (C=O) groups excluding carboxylic acids is 2. The second kappa shape index (κ2) is 11.5. The summed E-state index contributed by atoms with van der Waals surface area (Å²) in [4.78, 5) is 26.6. The maximum Gasteiger partial charge on any atom is 0.169 e. The molecule has 7 nitrogen and oxygen atoms in total. The van der Waals surface area contributed by atoms with E-state index < -0.39 is 5.41 Å². The quantitative estimate of drug-likeness (QED) is 0.380. The number of ether oxygens (including phenoxy) is 5. The van der Waals surface area contributed by atoms with E-state index in [4.69, 9.17) is 23.7 Å². The average Bonchev–Trinajstić information content (AvgIpc) is 2.90. The SMILES string of the molecule is COc1ccc(/C=C/C(=O)C2(C(=O)/C=C/c3ccc(OC)c(OC)c3)CCOCC2)cc1OC. The van der Waals surface area contributed by atoms with Crippen LogP contribution in [0.25, 0.3) is 12.2 Å². The van der Waals surface area contributed by atoms with Crippen LogP contribution < -0.4 is 18.9 Å². The van der Waals surface area contributed by atoms with Gasteiger partial charge in [0.25, 0.3) is 0 Å². The van der Waals surface area contributed by atoms with Crippen LogP contribution in [-0.4, -0.2) is 53.2 Å². The highest BCUT2D eigenvalue weighted by molar-refractivity contribution is 6.17. The van der Waals surface area contributed by atoms with Crippen LogP contribution in [-0.2, 0) is 14.3 Å². The standard InChI is InChI=1S/C27H30O7/c1-30-21-9-5-19(17-23(21)32-3)7-11-25(28)27(13-15-34-16-14-27)26(29)12-8-20-6-10-22(31-2)24(18-20)33-4/h5-12,17-18H,13-16H2,1-4H3/b11-7+,12-8+. The minimum Gasteiger partial charge on any atom is -0.493 e. The fourth-order valence-corrected chi connectivity index (χ4v) is 3.91. The van der Waals surface area contributed by atoms with Crippen molar-refractivity contribution in [1.29, 1.82) is 0 Å². The summed E-state index contributed by atoms with van der Waals surface area (Å²) in [7, 11) is 6.23. The molecule has 1 aliphatic rings. The number of hydrogen-bond acceptors (Lipinski definition) is 7. The number of benzene rings is 2. The van der Waals surface area contributed by atoms with Gasteiger partial charge >= 0.3 is 0 Å². The van der Waals surface area contributed by atoms with Crippen molar-refractivity contribution in [2.24, 2.45) is 5.41 Å². The van der Waals surface area contributed by atoms with Gasteiger partial charge in [0, 0.05) is 13.2 Å². The maximum absolute atomic E-state index is 13.3. The fourth-order valence-electron chi connectivity index (χ4n) is 3.91. The van der Waals surface area contributed by atoms with Gasteiger partial charge in [-0.25, -0.2) is 0 Å². The molecule has 0 aromatic heterocycles. The van der Waals surface area contributed by atoms with Crippen molar-refractivity contribution in [3.05, 3.63) is 59.7 Å². The number of rotatable bonds is 10. The molecule has 1 saturated heterocycles. The Labute approximate surface area is 199 Å². The molecule has 2 aromatic carbocycles. The first-order chi connectivity index (χ1) is 16.5. The average molecular weight is 467 g/mol. The van der Waals surface area contributed by atoms with Crippen LogP contribution in [0.15, 0.2) is 48.6 Å². The summed E-state index contributed by atoms with van der Waals surface area (Å²) < 4.78 is 26.6. The number of carbonyl (C=O) groups is 2. The van der Waals surface area contributed by atoms with Gasteiger partial charge in [0.05, 0.1) is 33.9 Å². The van der Waals surface area contributed by atoms with E-state index in [2.05, 4.69) is 0 Å². The summed E-state index contributed by atoms with van der Waals surface area (Å²) >= 11 is 0. The minimum absolute atomic E-state index is 0.243. The third-order valence-electron chi connectivity index (χ3n) is 5.96. The molecule has 1 heterocycles. The highest BCUT2D eigenvalue weighted by Gasteiger charge is 2.44. The van der Waals surface area contributed by atoms with Gasteiger partial charge in [-0.05, 0) is 60.4 Å². The van der Waals surface area contributed by atoms with Gasteiger partial charge in [0.2, 0.25) is 0 Å². The minimum atomic E-state index is -1.15. The topological polar surface area (TPSA) is 80.3 Å². The van der Waals surface area contributed by atoms with E-state index in [-0.39, 0.29) is 11.6 Å². The largest absolute Gasteiger partial charge is 0.493 e. The van der Waals surface area contributed by atoms with Crippen LogP contribution >= 0.6 is 0 Å². The van der Waals surface area contributed by atoms with Crippen LogP contribution in [0.3, 0.4) is 0 Å². The van der Waals surface area contributed by atoms with Crippen molar-refractivity contribution in [3.8, 4) is 23.0 Å². The zero-order valence-corrected chi connectivity index (χ0v) is 20.0. The lowest BCUT2D eigenvalue weighted by molar-refractivity contribution is -0.141. The Kier molecular flexibility index (Phi) is 8.49. The van der Waals surface area contributed by atoms with Crippen molar-refractivity contribution in [1.82, 2.24) is 0 Å². The Bertz CT molecular complexity index is 999. The van der Waals surface area contributed by atoms with Crippen molar-refractivity contribution in [2.45, 2.75) is 12.8 Å². The molecule has 0 amide bonds. The van der Waals surface area contributed by atoms with Gasteiger partial charge < -0.3 is 23.7 Å². The smallest absolute Gasteiger partial charge is 0.169 e. The highest BCUT2D eigenvalue weighted by Crippen LogP contribution is 2.35. The molecule has 3 rings (SSSR count). The molecule has 7 heteroatoms. The first-order valence-corrected chi connectivity index (χ1v) is 10.9. The van der Waals surface area contributed by atoms with Gasteiger partial charge in [-0.3, -0.25) is 9.59 Å². The first-order valence-electron chi connectivity index (χ1n) is 10.9. The zero-order valence-electron chi connectivity index (χ0n) is 20.0. The molecule has 1 aliphatic heterocycles. The molecule has 0 unspecified atom stereocenters. The van der Waals surface area contributed by atoms with Crippen molar-refractivity contribution < 1.29 is 33.3 Å². The molecule has 0 radical (unpaired) electrons. The maximum atomic E-state index is 13.3. The molecule has 0 spiro atoms. The van der Waals surface area contributed by atoms with E-state index in [0.29, 0.717) is 49.1 Å². The second-order valence-corrected chi connectivity index (χ2v) is 7.82. The van der Waals surface area contributed by atoms with Crippen LogP contribution in [0.1, 0.15) is 24.0 Å². The van der Waals surface area contributed by atoms with E-state index in [1.807, 2.05) is 12.1 Å². The van der Waals surface area contributed by atoms with Crippen molar-refractivity contribution in [3.63, 3.8) is 0 Å². The third-order valence-corrected chi connectivity index (χ3v) is 5.96. The van der Waals surface area contributed by atoms with Crippen LogP contribution in [0.4, 0.5) is 0 Å². The highest BCUT2D eigenvalue weighted by atomic mass is 16.5. The lowest BCUT2D eigenvalue weighted by atomic mass is 9.72. The van der Waals surface area contributed by atoms with Crippen LogP contribution in [0.5, 0.6) is 23.0 Å².